The number of aliphatic hydroxyl groups is 1. The highest BCUT2D eigenvalue weighted by Gasteiger charge is 2.41. The summed E-state index contributed by atoms with van der Waals surface area (Å²) >= 11 is 0. The maximum Gasteiger partial charge on any atom is 0.508 e. The molecule has 3 unspecified atom stereocenters. The molecule has 0 aliphatic rings. The summed E-state index contributed by atoms with van der Waals surface area (Å²) in [6, 6.07) is 8.85. The number of carbonyl (C=O) groups excluding carboxylic acids is 6. The van der Waals surface area contributed by atoms with Crippen LogP contribution < -0.4 is 0 Å². The Bertz CT molecular complexity index is 1150. The van der Waals surface area contributed by atoms with E-state index >= 15 is 0 Å². The highest BCUT2D eigenvalue weighted by atomic mass is 16.7. The second kappa shape index (κ2) is 18.6. The predicted octanol–water partition coefficient (Wildman–Crippen LogP) is 3.54. The van der Waals surface area contributed by atoms with E-state index in [1.54, 1.807) is 44.2 Å². The number of ether oxygens (including phenoxy) is 7. The SMILES string of the molecule is CCCC(=O)OCC(C)(COC(=O)OCC(C)(COC(=O)OCC(C)(CO)C(C)=O)C(=O)OCC)C(=O)OCc1ccccc1. The topological polar surface area (TPSA) is 187 Å². The molecule has 0 saturated carbocycles. The monoisotopic (exact) mass is 640 g/mol. The minimum absolute atomic E-state index is 0.0308. The second-order valence-corrected chi connectivity index (χ2v) is 11.2. The summed E-state index contributed by atoms with van der Waals surface area (Å²) in [5.74, 6) is -2.63. The average molecular weight is 641 g/mol. The van der Waals surface area contributed by atoms with E-state index in [0.29, 0.717) is 12.0 Å². The van der Waals surface area contributed by atoms with Crippen LogP contribution in [0.2, 0.25) is 0 Å². The molecule has 0 aliphatic carbocycles. The first-order valence-corrected chi connectivity index (χ1v) is 14.4. The van der Waals surface area contributed by atoms with Crippen LogP contribution in [0.25, 0.3) is 0 Å². The second-order valence-electron chi connectivity index (χ2n) is 11.2. The molecular formula is C31H44O14. The summed E-state index contributed by atoms with van der Waals surface area (Å²) in [4.78, 5) is 74.1. The number of Topliss-reactive ketones (excluding diaryl/α,β-unsaturated/α-hetero) is 1. The molecule has 0 amide bonds. The van der Waals surface area contributed by atoms with Gasteiger partial charge in [0.2, 0.25) is 0 Å². The quantitative estimate of drug-likeness (QED) is 0.171. The Morgan fingerprint density at radius 3 is 1.51 bits per heavy atom. The predicted molar refractivity (Wildman–Crippen MR) is 155 cm³/mol. The Morgan fingerprint density at radius 2 is 1.09 bits per heavy atom. The maximum absolute atomic E-state index is 13.0. The van der Waals surface area contributed by atoms with Crippen molar-refractivity contribution in [2.75, 3.05) is 46.2 Å². The van der Waals surface area contributed by atoms with Crippen LogP contribution in [0.15, 0.2) is 30.3 Å². The zero-order valence-corrected chi connectivity index (χ0v) is 26.7. The fourth-order valence-electron chi connectivity index (χ4n) is 3.25. The molecule has 1 aromatic rings. The molecule has 0 aliphatic heterocycles. The fourth-order valence-corrected chi connectivity index (χ4v) is 3.25. The molecule has 1 N–H and O–H groups in total. The molecule has 14 heteroatoms. The fraction of sp³-hybridized carbons (Fsp3) is 0.613. The number of ketones is 1. The van der Waals surface area contributed by atoms with Gasteiger partial charge in [0.15, 0.2) is 0 Å². The zero-order valence-electron chi connectivity index (χ0n) is 26.7. The number of rotatable bonds is 19. The number of benzene rings is 1. The van der Waals surface area contributed by atoms with Crippen LogP contribution in [0.3, 0.4) is 0 Å². The van der Waals surface area contributed by atoms with Crippen molar-refractivity contribution < 1.29 is 67.0 Å². The van der Waals surface area contributed by atoms with Crippen LogP contribution in [0.4, 0.5) is 9.59 Å². The molecule has 45 heavy (non-hydrogen) atoms. The molecule has 0 heterocycles. The molecule has 252 valence electrons. The van der Waals surface area contributed by atoms with Gasteiger partial charge in [0, 0.05) is 6.42 Å². The van der Waals surface area contributed by atoms with Crippen molar-refractivity contribution in [1.82, 2.24) is 0 Å². The Balaban J connectivity index is 2.87. The number of hydrogen-bond acceptors (Lipinski definition) is 14. The van der Waals surface area contributed by atoms with E-state index in [2.05, 4.69) is 0 Å². The van der Waals surface area contributed by atoms with E-state index in [0.717, 1.165) is 0 Å². The van der Waals surface area contributed by atoms with Crippen LogP contribution in [0.1, 0.15) is 59.9 Å². The van der Waals surface area contributed by atoms with Crippen molar-refractivity contribution in [2.24, 2.45) is 16.2 Å². The molecule has 0 fully saturated rings. The molecule has 0 bridgehead atoms. The van der Waals surface area contributed by atoms with Crippen molar-refractivity contribution in [3.8, 4) is 0 Å². The lowest BCUT2D eigenvalue weighted by Gasteiger charge is -2.28. The minimum Gasteiger partial charge on any atom is -0.465 e. The highest BCUT2D eigenvalue weighted by molar-refractivity contribution is 5.82. The number of aliphatic hydroxyl groups excluding tert-OH is 1. The minimum atomic E-state index is -1.71. The first kappa shape index (κ1) is 38.8. The van der Waals surface area contributed by atoms with Gasteiger partial charge in [-0.15, -0.1) is 0 Å². The molecule has 0 saturated heterocycles. The summed E-state index contributed by atoms with van der Waals surface area (Å²) in [6.07, 6.45) is -1.87. The molecule has 3 atom stereocenters. The summed E-state index contributed by atoms with van der Waals surface area (Å²) < 4.78 is 35.8. The molecule has 1 aromatic carbocycles. The van der Waals surface area contributed by atoms with Crippen LogP contribution in [0, 0.1) is 16.2 Å². The van der Waals surface area contributed by atoms with Gasteiger partial charge in [-0.25, -0.2) is 9.59 Å². The van der Waals surface area contributed by atoms with Crippen LogP contribution in [-0.4, -0.2) is 87.4 Å². The third-order valence-corrected chi connectivity index (χ3v) is 6.71. The van der Waals surface area contributed by atoms with E-state index in [1.807, 2.05) is 0 Å². The molecule has 0 radical (unpaired) electrons. The number of esters is 3. The van der Waals surface area contributed by atoms with Gasteiger partial charge in [0.05, 0.1) is 18.6 Å². The number of hydrogen-bond donors (Lipinski definition) is 1. The van der Waals surface area contributed by atoms with Gasteiger partial charge in [-0.3, -0.25) is 19.2 Å². The van der Waals surface area contributed by atoms with Gasteiger partial charge >= 0.3 is 30.2 Å². The van der Waals surface area contributed by atoms with Gasteiger partial charge in [-0.1, -0.05) is 37.3 Å². The van der Waals surface area contributed by atoms with Crippen molar-refractivity contribution in [3.63, 3.8) is 0 Å². The zero-order chi connectivity index (χ0) is 34.1. The largest absolute Gasteiger partial charge is 0.508 e. The summed E-state index contributed by atoms with van der Waals surface area (Å²) in [5.41, 5.74) is -3.94. The van der Waals surface area contributed by atoms with Crippen molar-refractivity contribution in [1.29, 1.82) is 0 Å². The normalized spacial score (nSPS) is 14.7. The van der Waals surface area contributed by atoms with Crippen LogP contribution in [-0.2, 0) is 58.9 Å². The Morgan fingerprint density at radius 1 is 0.644 bits per heavy atom. The summed E-state index contributed by atoms with van der Waals surface area (Å²) in [6.45, 7) is 5.15. The Kier molecular flexibility index (Phi) is 16.0. The van der Waals surface area contributed by atoms with E-state index in [4.69, 9.17) is 33.2 Å². The third-order valence-electron chi connectivity index (χ3n) is 6.71. The maximum atomic E-state index is 13.0. The molecule has 0 aromatic heterocycles. The Labute approximate surface area is 262 Å². The molecule has 1 rings (SSSR count). The van der Waals surface area contributed by atoms with Crippen molar-refractivity contribution in [2.45, 2.75) is 61.0 Å². The average Bonchev–Trinajstić information content (AvgIpc) is 3.02. The first-order chi connectivity index (χ1) is 21.1. The van der Waals surface area contributed by atoms with Gasteiger partial charge in [-0.2, -0.15) is 0 Å². The lowest BCUT2D eigenvalue weighted by molar-refractivity contribution is -0.167. The molecule has 14 nitrogen and oxygen atoms in total. The highest BCUT2D eigenvalue weighted by Crippen LogP contribution is 2.24. The number of carbonyl (C=O) groups is 6. The van der Waals surface area contributed by atoms with Gasteiger partial charge in [0.1, 0.15) is 56.3 Å². The standard InChI is InChI=1S/C31H44O14/c1-7-12-24(34)41-18-30(5,26(36)40-15-23-13-10-9-11-14-23)19-43-28(38)45-21-31(6,25(35)39-8-2)20-44-27(37)42-17-29(4,16-32)22(3)33/h9-11,13-14,32H,7-8,12,15-21H2,1-6H3. The van der Waals surface area contributed by atoms with Crippen LogP contribution >= 0.6 is 0 Å². The van der Waals surface area contributed by atoms with E-state index in [9.17, 15) is 33.9 Å². The smallest absolute Gasteiger partial charge is 0.465 e. The van der Waals surface area contributed by atoms with Gasteiger partial charge < -0.3 is 38.3 Å². The lowest BCUT2D eigenvalue weighted by atomic mass is 9.88. The summed E-state index contributed by atoms with van der Waals surface area (Å²) in [7, 11) is 0. The van der Waals surface area contributed by atoms with Crippen LogP contribution in [0.5, 0.6) is 0 Å². The summed E-state index contributed by atoms with van der Waals surface area (Å²) in [5, 5.41) is 9.43. The van der Waals surface area contributed by atoms with Crippen molar-refractivity contribution >= 4 is 36.0 Å². The van der Waals surface area contributed by atoms with Gasteiger partial charge in [-0.05, 0) is 46.6 Å². The third kappa shape index (κ3) is 13.1. The van der Waals surface area contributed by atoms with E-state index < -0.39 is 91.9 Å². The Hall–Kier alpha value is -4.20. The van der Waals surface area contributed by atoms with Crippen molar-refractivity contribution in [3.05, 3.63) is 35.9 Å². The first-order valence-electron chi connectivity index (χ1n) is 14.4. The molecular weight excluding hydrogens is 596 g/mol. The van der Waals surface area contributed by atoms with E-state index in [-0.39, 0.29) is 19.6 Å². The molecule has 0 spiro atoms. The van der Waals surface area contributed by atoms with Gasteiger partial charge in [0.25, 0.3) is 0 Å². The lowest BCUT2D eigenvalue weighted by Crippen LogP contribution is -2.42. The van der Waals surface area contributed by atoms with E-state index in [1.165, 1.54) is 27.7 Å².